The number of thiazole rings is 1. The number of oxime groups is 1. The Bertz CT molecular complexity index is 1690. The molecule has 3 atom stereocenters. The molecule has 0 bridgehead atoms. The summed E-state index contributed by atoms with van der Waals surface area (Å²) in [6.07, 6.45) is -1.22. The lowest BCUT2D eigenvalue weighted by Gasteiger charge is -2.49. The number of rotatable bonds is 11. The summed E-state index contributed by atoms with van der Waals surface area (Å²) in [6, 6.07) is 8.64. The molecular weight excluding hydrogens is 657 g/mol. The molecule has 242 valence electrons. The van der Waals surface area contributed by atoms with E-state index in [1.165, 1.54) is 40.7 Å². The minimum Gasteiger partial charge on any atom is -0.481 e. The average molecular weight is 687 g/mol. The van der Waals surface area contributed by atoms with Gasteiger partial charge in [-0.1, -0.05) is 47.2 Å². The van der Waals surface area contributed by atoms with E-state index >= 15 is 0 Å². The van der Waals surface area contributed by atoms with Crippen LogP contribution in [0, 0.1) is 0 Å². The fraction of sp³-hybridized carbons (Fsp3) is 0.321. The molecule has 3 aliphatic heterocycles. The number of hydrogen-bond donors (Lipinski definition) is 5. The molecule has 7 N–H and O–H groups in total. The Kier molecular flexibility index (Phi) is 9.88. The highest BCUT2D eigenvalue weighted by Crippen LogP contribution is 2.41. The molecule has 2 amide bonds. The van der Waals surface area contributed by atoms with Crippen molar-refractivity contribution < 1.29 is 34.2 Å². The maximum Gasteiger partial charge on any atom is 0.352 e. The summed E-state index contributed by atoms with van der Waals surface area (Å²) in [6.45, 7) is 1.99. The van der Waals surface area contributed by atoms with Gasteiger partial charge in [0.2, 0.25) is 0 Å². The van der Waals surface area contributed by atoms with Gasteiger partial charge in [0, 0.05) is 36.1 Å². The highest BCUT2D eigenvalue weighted by molar-refractivity contribution is 8.14. The van der Waals surface area contributed by atoms with Crippen LogP contribution in [-0.4, -0.2) is 102 Å². The van der Waals surface area contributed by atoms with E-state index < -0.39 is 41.3 Å². The van der Waals surface area contributed by atoms with Crippen LogP contribution in [0.3, 0.4) is 0 Å². The predicted molar refractivity (Wildman–Crippen MR) is 176 cm³/mol. The first-order chi connectivity index (χ1) is 21.9. The zero-order valence-electron chi connectivity index (χ0n) is 24.6. The molecule has 18 heteroatoms. The van der Waals surface area contributed by atoms with Gasteiger partial charge in [0.1, 0.15) is 34.7 Å². The number of β-lactam (4-membered cyclic amide) rings is 1. The number of likely N-dealkylation sites (N-methyl/N-ethyl adjacent to an activating group) is 1. The van der Waals surface area contributed by atoms with Crippen molar-refractivity contribution in [2.24, 2.45) is 15.9 Å². The van der Waals surface area contributed by atoms with E-state index in [0.717, 1.165) is 22.5 Å². The van der Waals surface area contributed by atoms with Crippen LogP contribution in [-0.2, 0) is 24.0 Å². The molecule has 1 fully saturated rings. The van der Waals surface area contributed by atoms with E-state index in [-0.39, 0.29) is 34.4 Å². The highest BCUT2D eigenvalue weighted by atomic mass is 32.2. The number of amidine groups is 1. The minimum absolute atomic E-state index is 0.0786. The number of benzene rings is 1. The number of nitrogen functional groups attached to an aromatic ring is 1. The molecule has 1 aromatic heterocycles. The van der Waals surface area contributed by atoms with Crippen LogP contribution in [0.4, 0.5) is 5.13 Å². The second-order valence-electron chi connectivity index (χ2n) is 10.4. The fourth-order valence-electron chi connectivity index (χ4n) is 4.85. The predicted octanol–water partition coefficient (Wildman–Crippen LogP) is 1.41. The first kappa shape index (κ1) is 32.8. The fourth-order valence-corrected chi connectivity index (χ4v) is 7.86. The van der Waals surface area contributed by atoms with Gasteiger partial charge in [0.25, 0.3) is 11.8 Å². The van der Waals surface area contributed by atoms with E-state index in [1.807, 2.05) is 42.3 Å². The first-order valence-electron chi connectivity index (χ1n) is 13.8. The van der Waals surface area contributed by atoms with Crippen molar-refractivity contribution in [1.82, 2.24) is 20.1 Å². The number of nitrogens with two attached hydrogens (primary N) is 2. The molecule has 5 rings (SSSR count). The number of carbonyl (C=O) groups excluding carboxylic acids is 2. The third-order valence-electron chi connectivity index (χ3n) is 7.05. The number of aromatic nitrogens is 1. The molecule has 46 heavy (non-hydrogen) atoms. The summed E-state index contributed by atoms with van der Waals surface area (Å²) >= 11 is 3.70. The molecule has 0 spiro atoms. The Morgan fingerprint density at radius 2 is 1.98 bits per heavy atom. The lowest BCUT2D eigenvalue weighted by molar-refractivity contribution is -0.150. The Morgan fingerprint density at radius 3 is 2.63 bits per heavy atom. The number of carboxylic acids is 2. The topological polar surface area (TPSA) is 226 Å². The molecule has 3 aliphatic rings. The third-order valence-corrected chi connectivity index (χ3v) is 10.2. The Hall–Kier alpha value is -4.55. The van der Waals surface area contributed by atoms with Gasteiger partial charge in [0.15, 0.2) is 16.0 Å². The third kappa shape index (κ3) is 6.97. The molecule has 4 heterocycles. The van der Waals surface area contributed by atoms with Crippen LogP contribution in [0.15, 0.2) is 63.0 Å². The first-order valence-corrected chi connectivity index (χ1v) is 16.7. The summed E-state index contributed by atoms with van der Waals surface area (Å²) in [5, 5.41) is 27.1. The van der Waals surface area contributed by atoms with Crippen molar-refractivity contribution in [3.63, 3.8) is 0 Å². The van der Waals surface area contributed by atoms with Crippen LogP contribution in [0.1, 0.15) is 24.6 Å². The normalized spacial score (nSPS) is 20.5. The number of thioether (sulfide) groups is 2. The van der Waals surface area contributed by atoms with Crippen molar-refractivity contribution in [3.05, 3.63) is 64.1 Å². The van der Waals surface area contributed by atoms with Crippen molar-refractivity contribution >= 4 is 80.2 Å². The van der Waals surface area contributed by atoms with Gasteiger partial charge < -0.3 is 36.7 Å². The number of aliphatic carboxylic acids is 2. The molecule has 15 nitrogen and oxygen atoms in total. The molecular formula is C28H30N8O7S3. The second-order valence-corrected chi connectivity index (χ2v) is 13.3. The number of aliphatic imine (C=N–C) groups is 1. The number of carbonyl (C=O) groups is 4. The number of nitrogens with one attached hydrogen (secondary N) is 1. The van der Waals surface area contributed by atoms with Crippen molar-refractivity contribution in [2.75, 3.05) is 30.8 Å². The van der Waals surface area contributed by atoms with Crippen molar-refractivity contribution in [2.45, 2.75) is 30.9 Å². The molecule has 1 aromatic carbocycles. The summed E-state index contributed by atoms with van der Waals surface area (Å²) in [5.74, 6) is -2.84. The van der Waals surface area contributed by atoms with Gasteiger partial charge in [0.05, 0.1) is 6.42 Å². The lowest BCUT2D eigenvalue weighted by atomic mass is 10.0. The standard InChI is InChI=1S/C28H30N8O7S3/c1-13(8-18(37)38)43-34-19(17-12-45-27(30)31-17)23(39)32-20-24(40)36-21(26(41)42)15(10-44-25(20)36)11-46-28-33-22(29)16(9-35(28)2)14-6-4-3-5-7-14/h3-7,12-13,20,25H,8-11,29H2,1-2H3,(H2,30,31)(H,32,39)(H,37,38)(H,41,42)/b34-19-/t13?,20?,25-/m0/s1. The van der Waals surface area contributed by atoms with Gasteiger partial charge in [-0.25, -0.2) is 14.8 Å². The SMILES string of the molecule is CC(CC(=O)O)O/N=C(\C(=O)NC1C(=O)N2C(C(=O)O)=C(CSC3=NC(N)=C(c4ccccc4)CN3C)CS[C@@H]12)c1csc(N)n1. The Balaban J connectivity index is 1.29. The van der Waals surface area contributed by atoms with E-state index in [2.05, 4.69) is 20.4 Å². The van der Waals surface area contributed by atoms with E-state index in [1.54, 1.807) is 0 Å². The van der Waals surface area contributed by atoms with Gasteiger partial charge in [-0.05, 0) is 18.1 Å². The number of carboxylic acid groups (broad SMARTS) is 2. The van der Waals surface area contributed by atoms with Crippen molar-refractivity contribution in [3.8, 4) is 0 Å². The lowest BCUT2D eigenvalue weighted by Crippen LogP contribution is -2.71. The largest absolute Gasteiger partial charge is 0.481 e. The highest BCUT2D eigenvalue weighted by Gasteiger charge is 2.54. The summed E-state index contributed by atoms with van der Waals surface area (Å²) < 4.78 is 0. The minimum atomic E-state index is -1.26. The van der Waals surface area contributed by atoms with Crippen LogP contribution in [0.2, 0.25) is 0 Å². The second kappa shape index (κ2) is 13.8. The number of amides is 2. The van der Waals surface area contributed by atoms with Gasteiger partial charge in [-0.2, -0.15) is 0 Å². The summed E-state index contributed by atoms with van der Waals surface area (Å²) in [5.41, 5.74) is 14.0. The Labute approximate surface area is 275 Å². The molecule has 0 radical (unpaired) electrons. The monoisotopic (exact) mass is 686 g/mol. The molecule has 2 unspecified atom stereocenters. The number of hydrogen-bond acceptors (Lipinski definition) is 14. The zero-order chi connectivity index (χ0) is 33.1. The van der Waals surface area contributed by atoms with Gasteiger partial charge >= 0.3 is 11.9 Å². The molecule has 0 aliphatic carbocycles. The molecule has 1 saturated heterocycles. The number of nitrogens with zero attached hydrogens (tertiary/aromatic N) is 5. The van der Waals surface area contributed by atoms with E-state index in [9.17, 15) is 24.3 Å². The quantitative estimate of drug-likeness (QED) is 0.128. The van der Waals surface area contributed by atoms with Gasteiger partial charge in [-0.3, -0.25) is 19.3 Å². The molecule has 2 aromatic rings. The molecule has 0 saturated carbocycles. The number of anilines is 1. The van der Waals surface area contributed by atoms with E-state index in [4.69, 9.17) is 21.4 Å². The summed E-state index contributed by atoms with van der Waals surface area (Å²) in [7, 11) is 1.88. The van der Waals surface area contributed by atoms with Crippen LogP contribution < -0.4 is 16.8 Å². The maximum atomic E-state index is 13.3. The maximum absolute atomic E-state index is 13.3. The average Bonchev–Trinajstić information content (AvgIpc) is 3.45. The smallest absolute Gasteiger partial charge is 0.352 e. The van der Waals surface area contributed by atoms with Crippen LogP contribution in [0.5, 0.6) is 0 Å². The van der Waals surface area contributed by atoms with Crippen molar-refractivity contribution in [1.29, 1.82) is 0 Å². The summed E-state index contributed by atoms with van der Waals surface area (Å²) in [4.78, 5) is 66.9. The van der Waals surface area contributed by atoms with Crippen LogP contribution >= 0.6 is 34.9 Å². The van der Waals surface area contributed by atoms with Crippen LogP contribution in [0.25, 0.3) is 5.57 Å². The zero-order valence-corrected chi connectivity index (χ0v) is 27.0. The Morgan fingerprint density at radius 1 is 1.24 bits per heavy atom. The number of fused-ring (bicyclic) bond motifs is 1. The van der Waals surface area contributed by atoms with Gasteiger partial charge in [-0.15, -0.1) is 23.1 Å². The van der Waals surface area contributed by atoms with E-state index in [0.29, 0.717) is 28.9 Å².